The summed E-state index contributed by atoms with van der Waals surface area (Å²) in [5.74, 6) is -1.83. The number of carbonyl (C=O) groups is 4. The van der Waals surface area contributed by atoms with Crippen LogP contribution in [0.3, 0.4) is 0 Å². The number of nitrogens with one attached hydrogen (secondary N) is 2. The van der Waals surface area contributed by atoms with Crippen molar-refractivity contribution in [3.05, 3.63) is 77.9 Å². The van der Waals surface area contributed by atoms with E-state index in [4.69, 9.17) is 10.5 Å². The van der Waals surface area contributed by atoms with Crippen LogP contribution >= 0.6 is 0 Å². The number of anilines is 1. The molecule has 0 radical (unpaired) electrons. The number of aryl methyl sites for hydroxylation is 1. The van der Waals surface area contributed by atoms with Gasteiger partial charge in [0, 0.05) is 12.2 Å². The maximum atomic E-state index is 14.0. The quantitative estimate of drug-likeness (QED) is 0.335. The van der Waals surface area contributed by atoms with Gasteiger partial charge in [0.05, 0.1) is 6.42 Å². The third-order valence-electron chi connectivity index (χ3n) is 6.11. The van der Waals surface area contributed by atoms with Gasteiger partial charge < -0.3 is 26.0 Å². The summed E-state index contributed by atoms with van der Waals surface area (Å²) in [4.78, 5) is 53.7. The highest BCUT2D eigenvalue weighted by atomic mass is 16.6. The summed E-state index contributed by atoms with van der Waals surface area (Å²) in [7, 11) is 0. The van der Waals surface area contributed by atoms with E-state index in [1.54, 1.807) is 39.0 Å². The zero-order valence-corrected chi connectivity index (χ0v) is 23.7. The molecule has 4 amide bonds. The van der Waals surface area contributed by atoms with Crippen molar-refractivity contribution >= 4 is 40.3 Å². The number of rotatable bonds is 10. The number of nitrogens with two attached hydrogens (primary N) is 1. The normalized spacial score (nSPS) is 12.7. The molecule has 4 N–H and O–H groups in total. The lowest BCUT2D eigenvalue weighted by molar-refractivity contribution is -0.141. The van der Waals surface area contributed by atoms with Gasteiger partial charge in [0.25, 0.3) is 5.91 Å². The second kappa shape index (κ2) is 13.1. The Bertz CT molecular complexity index is 1360. The first-order valence-corrected chi connectivity index (χ1v) is 13.3. The number of hydrogen-bond acceptors (Lipinski definition) is 5. The zero-order chi connectivity index (χ0) is 29.4. The number of fused-ring (bicyclic) bond motifs is 1. The first kappa shape index (κ1) is 30.1. The fraction of sp³-hybridized carbons (Fsp3) is 0.355. The Kier molecular flexibility index (Phi) is 9.87. The molecule has 0 heterocycles. The molecule has 3 aromatic carbocycles. The molecule has 0 aliphatic rings. The topological polar surface area (TPSA) is 131 Å². The van der Waals surface area contributed by atoms with Gasteiger partial charge in [0.2, 0.25) is 11.8 Å². The first-order valence-electron chi connectivity index (χ1n) is 13.3. The molecule has 0 bridgehead atoms. The molecule has 9 nitrogen and oxygen atoms in total. The fourth-order valence-corrected chi connectivity index (χ4v) is 4.36. The number of nitrogens with zero attached hydrogens (tertiary/aromatic N) is 1. The lowest BCUT2D eigenvalue weighted by Crippen LogP contribution is -2.53. The number of ether oxygens (including phenoxy) is 1. The SMILES string of the molecule is CCCN(C(=O)C(CC(N)=O)NC(=O)OC(C)(C)C)C(C(=O)Nc1ccc2ccccc2c1)c1ccc(C)cc1. The molecular formula is C31H38N4O5. The average molecular weight is 547 g/mol. The second-order valence-corrected chi connectivity index (χ2v) is 10.8. The van der Waals surface area contributed by atoms with Gasteiger partial charge in [0.1, 0.15) is 17.7 Å². The summed E-state index contributed by atoms with van der Waals surface area (Å²) in [6.45, 7) is 9.05. The van der Waals surface area contributed by atoms with E-state index in [1.165, 1.54) is 4.90 Å². The number of carbonyl (C=O) groups excluding carboxylic acids is 4. The van der Waals surface area contributed by atoms with Crippen molar-refractivity contribution in [2.75, 3.05) is 11.9 Å². The Balaban J connectivity index is 1.99. The summed E-state index contributed by atoms with van der Waals surface area (Å²) in [5, 5.41) is 7.42. The summed E-state index contributed by atoms with van der Waals surface area (Å²) in [6, 6.07) is 18.3. The minimum atomic E-state index is -1.32. The maximum absolute atomic E-state index is 14.0. The number of benzene rings is 3. The molecule has 2 atom stereocenters. The summed E-state index contributed by atoms with van der Waals surface area (Å²) in [6.07, 6.45) is -0.797. The molecule has 0 spiro atoms. The minimum absolute atomic E-state index is 0.188. The van der Waals surface area contributed by atoms with Gasteiger partial charge >= 0.3 is 6.09 Å². The molecule has 40 heavy (non-hydrogen) atoms. The van der Waals surface area contributed by atoms with Gasteiger partial charge in [-0.25, -0.2) is 4.79 Å². The van der Waals surface area contributed by atoms with Gasteiger partial charge in [-0.05, 0) is 62.6 Å². The lowest BCUT2D eigenvalue weighted by Gasteiger charge is -2.34. The van der Waals surface area contributed by atoms with Crippen molar-refractivity contribution in [2.45, 2.75) is 65.1 Å². The van der Waals surface area contributed by atoms with E-state index in [0.29, 0.717) is 17.7 Å². The van der Waals surface area contributed by atoms with Crippen molar-refractivity contribution in [1.82, 2.24) is 10.2 Å². The molecule has 3 aromatic rings. The van der Waals surface area contributed by atoms with Crippen LogP contribution in [0.25, 0.3) is 10.8 Å². The molecule has 212 valence electrons. The van der Waals surface area contributed by atoms with Crippen LogP contribution in [0.4, 0.5) is 10.5 Å². The molecule has 2 unspecified atom stereocenters. The van der Waals surface area contributed by atoms with Crippen molar-refractivity contribution in [3.8, 4) is 0 Å². The lowest BCUT2D eigenvalue weighted by atomic mass is 10.0. The third-order valence-corrected chi connectivity index (χ3v) is 6.11. The van der Waals surface area contributed by atoms with E-state index in [-0.39, 0.29) is 6.54 Å². The van der Waals surface area contributed by atoms with Gasteiger partial charge in [-0.3, -0.25) is 14.4 Å². The van der Waals surface area contributed by atoms with E-state index in [2.05, 4.69) is 10.6 Å². The van der Waals surface area contributed by atoms with Crippen LogP contribution in [-0.2, 0) is 19.1 Å². The van der Waals surface area contributed by atoms with Gasteiger partial charge in [-0.15, -0.1) is 0 Å². The summed E-state index contributed by atoms with van der Waals surface area (Å²) < 4.78 is 5.31. The van der Waals surface area contributed by atoms with E-state index in [9.17, 15) is 19.2 Å². The standard InChI is InChI=1S/C31H38N4O5/c1-6-17-35(29(38)25(19-26(32)36)34-30(39)40-31(3,4)5)27(22-13-11-20(2)12-14-22)28(37)33-24-16-15-21-9-7-8-10-23(21)18-24/h7-16,18,25,27H,6,17,19H2,1-5H3,(H2,32,36)(H,33,37)(H,34,39). The molecule has 0 aliphatic carbocycles. The Morgan fingerprint density at radius 2 is 1.60 bits per heavy atom. The molecular weight excluding hydrogens is 508 g/mol. The number of alkyl carbamates (subject to hydrolysis) is 1. The van der Waals surface area contributed by atoms with Crippen LogP contribution in [0, 0.1) is 6.92 Å². The zero-order valence-electron chi connectivity index (χ0n) is 23.7. The van der Waals surface area contributed by atoms with Crippen molar-refractivity contribution in [3.63, 3.8) is 0 Å². The molecule has 0 aliphatic heterocycles. The Morgan fingerprint density at radius 3 is 2.20 bits per heavy atom. The Labute approximate surface area is 235 Å². The minimum Gasteiger partial charge on any atom is -0.444 e. The van der Waals surface area contributed by atoms with Crippen molar-refractivity contribution in [2.24, 2.45) is 5.73 Å². The molecule has 3 rings (SSSR count). The third kappa shape index (κ3) is 8.30. The predicted molar refractivity (Wildman–Crippen MR) is 155 cm³/mol. The van der Waals surface area contributed by atoms with Gasteiger partial charge in [-0.2, -0.15) is 0 Å². The first-order chi connectivity index (χ1) is 18.9. The molecule has 0 aromatic heterocycles. The Hall–Kier alpha value is -4.40. The van der Waals surface area contributed by atoms with Crippen LogP contribution in [0.1, 0.15) is 57.7 Å². The average Bonchev–Trinajstić information content (AvgIpc) is 2.87. The highest BCUT2D eigenvalue weighted by Crippen LogP contribution is 2.27. The monoisotopic (exact) mass is 546 g/mol. The second-order valence-electron chi connectivity index (χ2n) is 10.8. The van der Waals surface area contributed by atoms with Crippen LogP contribution in [0.2, 0.25) is 0 Å². The van der Waals surface area contributed by atoms with E-state index in [0.717, 1.165) is 16.3 Å². The number of hydrogen-bond donors (Lipinski definition) is 3. The fourth-order valence-electron chi connectivity index (χ4n) is 4.36. The van der Waals surface area contributed by atoms with Crippen molar-refractivity contribution < 1.29 is 23.9 Å². The van der Waals surface area contributed by atoms with Gasteiger partial charge in [0.15, 0.2) is 0 Å². The molecule has 0 saturated heterocycles. The largest absolute Gasteiger partial charge is 0.444 e. The maximum Gasteiger partial charge on any atom is 0.408 e. The highest BCUT2D eigenvalue weighted by Gasteiger charge is 2.36. The highest BCUT2D eigenvalue weighted by molar-refractivity contribution is 6.01. The van der Waals surface area contributed by atoms with Crippen LogP contribution in [0.15, 0.2) is 66.7 Å². The van der Waals surface area contributed by atoms with Crippen LogP contribution in [0.5, 0.6) is 0 Å². The molecule has 9 heteroatoms. The van der Waals surface area contributed by atoms with Crippen LogP contribution < -0.4 is 16.4 Å². The van der Waals surface area contributed by atoms with E-state index < -0.39 is 47.9 Å². The summed E-state index contributed by atoms with van der Waals surface area (Å²) in [5.41, 5.74) is 6.76. The number of amides is 4. The smallest absolute Gasteiger partial charge is 0.408 e. The Morgan fingerprint density at radius 1 is 0.950 bits per heavy atom. The number of primary amides is 1. The summed E-state index contributed by atoms with van der Waals surface area (Å²) >= 11 is 0. The molecule has 0 saturated carbocycles. The van der Waals surface area contributed by atoms with Gasteiger partial charge in [-0.1, -0.05) is 67.1 Å². The van der Waals surface area contributed by atoms with Crippen LogP contribution in [-0.4, -0.2) is 46.9 Å². The van der Waals surface area contributed by atoms with Crippen molar-refractivity contribution in [1.29, 1.82) is 0 Å². The van der Waals surface area contributed by atoms with E-state index >= 15 is 0 Å². The molecule has 0 fully saturated rings. The predicted octanol–water partition coefficient (Wildman–Crippen LogP) is 4.84. The van der Waals surface area contributed by atoms with E-state index in [1.807, 2.05) is 62.4 Å².